The van der Waals surface area contributed by atoms with Crippen molar-refractivity contribution in [3.05, 3.63) is 40.3 Å². The van der Waals surface area contributed by atoms with Crippen LogP contribution in [-0.2, 0) is 0 Å². The Labute approximate surface area is 116 Å². The minimum Gasteiger partial charge on any atom is -0.345 e. The second-order valence-electron chi connectivity index (χ2n) is 5.39. The summed E-state index contributed by atoms with van der Waals surface area (Å²) in [4.78, 5) is 24.2. The molecule has 1 heterocycles. The molecular weight excluding hydrogens is 254 g/mol. The van der Waals surface area contributed by atoms with Crippen molar-refractivity contribution in [2.75, 3.05) is 0 Å². The molecule has 1 saturated carbocycles. The van der Waals surface area contributed by atoms with Gasteiger partial charge in [0, 0.05) is 10.9 Å². The molecule has 1 fully saturated rings. The van der Waals surface area contributed by atoms with Crippen LogP contribution in [0.3, 0.4) is 0 Å². The van der Waals surface area contributed by atoms with Crippen LogP contribution >= 0.6 is 0 Å². The zero-order valence-corrected chi connectivity index (χ0v) is 11.4. The van der Waals surface area contributed by atoms with Crippen LogP contribution in [-0.4, -0.2) is 21.6 Å². The maximum Gasteiger partial charge on any atom is 0.272 e. The number of hydrogen-bond acceptors (Lipinski definition) is 3. The molecule has 2 N–H and O–H groups in total. The second-order valence-corrected chi connectivity index (χ2v) is 5.39. The number of carbonyl (C=O) groups is 1. The molecule has 3 rings (SSSR count). The summed E-state index contributed by atoms with van der Waals surface area (Å²) in [5.41, 5.74) is -0.0679. The summed E-state index contributed by atoms with van der Waals surface area (Å²) in [6.45, 7) is 2.08. The number of benzene rings is 1. The van der Waals surface area contributed by atoms with Crippen LogP contribution in [0.2, 0.25) is 0 Å². The predicted octanol–water partition coefficient (Wildman–Crippen LogP) is 1.99. The van der Waals surface area contributed by atoms with Gasteiger partial charge in [-0.1, -0.05) is 25.1 Å². The summed E-state index contributed by atoms with van der Waals surface area (Å²) in [5, 5.41) is 10.5. The third kappa shape index (κ3) is 1.99. The van der Waals surface area contributed by atoms with Crippen molar-refractivity contribution in [1.82, 2.24) is 15.5 Å². The van der Waals surface area contributed by atoms with Crippen molar-refractivity contribution >= 4 is 16.7 Å². The van der Waals surface area contributed by atoms with Gasteiger partial charge in [-0.15, -0.1) is 0 Å². The Hall–Kier alpha value is -2.17. The van der Waals surface area contributed by atoms with Gasteiger partial charge in [0.2, 0.25) is 0 Å². The summed E-state index contributed by atoms with van der Waals surface area (Å²) >= 11 is 0. The Morgan fingerprint density at radius 1 is 1.35 bits per heavy atom. The topological polar surface area (TPSA) is 74.8 Å². The molecule has 5 nitrogen and oxygen atoms in total. The van der Waals surface area contributed by atoms with Crippen molar-refractivity contribution in [3.8, 4) is 0 Å². The van der Waals surface area contributed by atoms with Crippen LogP contribution < -0.4 is 10.9 Å². The van der Waals surface area contributed by atoms with E-state index < -0.39 is 0 Å². The summed E-state index contributed by atoms with van der Waals surface area (Å²) in [7, 11) is 0. The van der Waals surface area contributed by atoms with E-state index in [0.717, 1.165) is 25.7 Å². The number of carbonyl (C=O) groups excluding carboxylic acids is 1. The molecule has 1 aliphatic carbocycles. The number of nitrogens with one attached hydrogen (secondary N) is 2. The molecule has 104 valence electrons. The van der Waals surface area contributed by atoms with Crippen LogP contribution in [0.15, 0.2) is 29.1 Å². The Morgan fingerprint density at radius 2 is 2.05 bits per heavy atom. The van der Waals surface area contributed by atoms with Crippen molar-refractivity contribution in [2.45, 2.75) is 38.1 Å². The summed E-state index contributed by atoms with van der Waals surface area (Å²) in [6, 6.07) is 7.04. The zero-order valence-electron chi connectivity index (χ0n) is 11.4. The van der Waals surface area contributed by atoms with Gasteiger partial charge in [-0.05, 0) is 31.7 Å². The van der Waals surface area contributed by atoms with Gasteiger partial charge in [0.1, 0.15) is 0 Å². The molecule has 1 aromatic heterocycles. The lowest BCUT2D eigenvalue weighted by molar-refractivity contribution is 0.0816. The maximum absolute atomic E-state index is 12.4. The van der Waals surface area contributed by atoms with Crippen molar-refractivity contribution < 1.29 is 4.79 Å². The van der Waals surface area contributed by atoms with Gasteiger partial charge in [-0.25, -0.2) is 5.10 Å². The minimum absolute atomic E-state index is 0.0873. The highest BCUT2D eigenvalue weighted by molar-refractivity contribution is 6.05. The number of fused-ring (bicyclic) bond motifs is 1. The first kappa shape index (κ1) is 12.8. The third-order valence-corrected chi connectivity index (χ3v) is 4.28. The normalized spacial score (nSPS) is 16.6. The molecule has 0 spiro atoms. The highest BCUT2D eigenvalue weighted by Crippen LogP contribution is 2.34. The first-order valence-corrected chi connectivity index (χ1v) is 6.95. The van der Waals surface area contributed by atoms with E-state index >= 15 is 0 Å². The number of aromatic amines is 1. The van der Waals surface area contributed by atoms with Crippen LogP contribution in [0, 0.1) is 0 Å². The average molecular weight is 271 g/mol. The fourth-order valence-corrected chi connectivity index (χ4v) is 2.76. The lowest BCUT2D eigenvalue weighted by Gasteiger charge is -2.41. The predicted molar refractivity (Wildman–Crippen MR) is 76.7 cm³/mol. The van der Waals surface area contributed by atoms with E-state index in [2.05, 4.69) is 22.4 Å². The number of amides is 1. The summed E-state index contributed by atoms with van der Waals surface area (Å²) in [5.74, 6) is -0.209. The Bertz CT molecular complexity index is 711. The molecule has 0 aliphatic heterocycles. The third-order valence-electron chi connectivity index (χ3n) is 4.28. The van der Waals surface area contributed by atoms with Crippen LogP contribution in [0.5, 0.6) is 0 Å². The first-order valence-electron chi connectivity index (χ1n) is 6.95. The summed E-state index contributed by atoms with van der Waals surface area (Å²) in [6.07, 6.45) is 4.08. The number of nitrogens with zero attached hydrogens (tertiary/aromatic N) is 1. The minimum atomic E-state index is -0.272. The van der Waals surface area contributed by atoms with Crippen molar-refractivity contribution in [1.29, 1.82) is 0 Å². The molecule has 1 aromatic carbocycles. The molecule has 1 aliphatic rings. The zero-order chi connectivity index (χ0) is 14.2. The van der Waals surface area contributed by atoms with E-state index in [4.69, 9.17) is 0 Å². The Kier molecular flexibility index (Phi) is 3.04. The van der Waals surface area contributed by atoms with E-state index in [1.807, 2.05) is 0 Å². The summed E-state index contributed by atoms with van der Waals surface area (Å²) < 4.78 is 0. The lowest BCUT2D eigenvalue weighted by atomic mass is 9.75. The first-order chi connectivity index (χ1) is 9.65. The fourth-order valence-electron chi connectivity index (χ4n) is 2.76. The molecule has 2 aromatic rings. The molecule has 0 radical (unpaired) electrons. The van der Waals surface area contributed by atoms with Gasteiger partial charge in [0.15, 0.2) is 5.69 Å². The fraction of sp³-hybridized carbons (Fsp3) is 0.400. The number of aromatic nitrogens is 2. The van der Waals surface area contributed by atoms with E-state index in [0.29, 0.717) is 16.5 Å². The van der Waals surface area contributed by atoms with Crippen molar-refractivity contribution in [3.63, 3.8) is 0 Å². The molecule has 0 bridgehead atoms. The van der Waals surface area contributed by atoms with Gasteiger partial charge in [0.05, 0.1) is 5.39 Å². The highest BCUT2D eigenvalue weighted by Gasteiger charge is 2.37. The standard InChI is InChI=1S/C15H17N3O2/c1-2-15(8-5-9-15)16-14(20)12-10-6-3-4-7-11(10)13(19)18-17-12/h3-4,6-7H,2,5,8-9H2,1H3,(H,16,20)(H,18,19). The van der Waals surface area contributed by atoms with E-state index in [9.17, 15) is 9.59 Å². The van der Waals surface area contributed by atoms with Crippen LogP contribution in [0.1, 0.15) is 43.1 Å². The molecule has 0 saturated heterocycles. The van der Waals surface area contributed by atoms with E-state index in [1.165, 1.54) is 0 Å². The van der Waals surface area contributed by atoms with Crippen LogP contribution in [0.4, 0.5) is 0 Å². The largest absolute Gasteiger partial charge is 0.345 e. The monoisotopic (exact) mass is 271 g/mol. The SMILES string of the molecule is CCC1(NC(=O)c2n[nH]c(=O)c3ccccc23)CCC1. The van der Waals surface area contributed by atoms with E-state index in [-0.39, 0.29) is 17.0 Å². The molecule has 1 amide bonds. The maximum atomic E-state index is 12.4. The lowest BCUT2D eigenvalue weighted by Crippen LogP contribution is -2.53. The Balaban J connectivity index is 2.00. The van der Waals surface area contributed by atoms with Gasteiger partial charge < -0.3 is 5.32 Å². The van der Waals surface area contributed by atoms with E-state index in [1.54, 1.807) is 24.3 Å². The van der Waals surface area contributed by atoms with Gasteiger partial charge in [0.25, 0.3) is 11.5 Å². The number of hydrogen-bond donors (Lipinski definition) is 2. The number of rotatable bonds is 3. The van der Waals surface area contributed by atoms with Gasteiger partial charge in [-0.3, -0.25) is 9.59 Å². The van der Waals surface area contributed by atoms with Gasteiger partial charge >= 0.3 is 0 Å². The smallest absolute Gasteiger partial charge is 0.272 e. The Morgan fingerprint density at radius 3 is 2.65 bits per heavy atom. The highest BCUT2D eigenvalue weighted by atomic mass is 16.2. The molecule has 0 unspecified atom stereocenters. The molecular formula is C15H17N3O2. The van der Waals surface area contributed by atoms with Crippen LogP contribution in [0.25, 0.3) is 10.8 Å². The van der Waals surface area contributed by atoms with Crippen molar-refractivity contribution in [2.24, 2.45) is 0 Å². The molecule has 0 atom stereocenters. The number of H-pyrrole nitrogens is 1. The second kappa shape index (κ2) is 4.74. The molecule has 5 heteroatoms. The van der Waals surface area contributed by atoms with Gasteiger partial charge in [-0.2, -0.15) is 5.10 Å². The quantitative estimate of drug-likeness (QED) is 0.896. The average Bonchev–Trinajstić information content (AvgIpc) is 2.43. The molecule has 20 heavy (non-hydrogen) atoms.